The second kappa shape index (κ2) is 7.44. The van der Waals surface area contributed by atoms with Gasteiger partial charge >= 0.3 is 0 Å². The number of nitrogen functional groups attached to an aromatic ring is 1. The molecular formula is C19H18N4O2. The van der Waals surface area contributed by atoms with Gasteiger partial charge < -0.3 is 15.8 Å². The number of carbonyl (C=O) groups excluding carboxylic acids is 1. The van der Waals surface area contributed by atoms with Gasteiger partial charge in [0.2, 0.25) is 0 Å². The lowest BCUT2D eigenvalue weighted by Crippen LogP contribution is -2.29. The van der Waals surface area contributed by atoms with Crippen molar-refractivity contribution in [3.8, 4) is 5.75 Å². The molecule has 0 unspecified atom stereocenters. The maximum atomic E-state index is 12.6. The van der Waals surface area contributed by atoms with E-state index in [0.717, 1.165) is 16.9 Å². The first-order valence-electron chi connectivity index (χ1n) is 7.73. The third kappa shape index (κ3) is 3.92. The van der Waals surface area contributed by atoms with E-state index in [2.05, 4.69) is 15.3 Å². The van der Waals surface area contributed by atoms with Crippen molar-refractivity contribution in [1.82, 2.24) is 15.3 Å². The summed E-state index contributed by atoms with van der Waals surface area (Å²) in [7, 11) is 1.62. The van der Waals surface area contributed by atoms with Gasteiger partial charge in [-0.1, -0.05) is 12.1 Å². The number of ether oxygens (including phenoxy) is 1. The summed E-state index contributed by atoms with van der Waals surface area (Å²) in [6.45, 7) is 0. The molecule has 3 rings (SSSR count). The number of carbonyl (C=O) groups is 1. The van der Waals surface area contributed by atoms with E-state index in [1.165, 1.54) is 6.20 Å². The largest absolute Gasteiger partial charge is 0.497 e. The highest BCUT2D eigenvalue weighted by molar-refractivity contribution is 5.94. The van der Waals surface area contributed by atoms with Gasteiger partial charge in [0.25, 0.3) is 5.91 Å². The maximum absolute atomic E-state index is 12.6. The normalized spacial score (nSPS) is 11.6. The van der Waals surface area contributed by atoms with E-state index in [0.29, 0.717) is 11.4 Å². The molecule has 126 valence electrons. The molecule has 6 nitrogen and oxygen atoms in total. The summed E-state index contributed by atoms with van der Waals surface area (Å²) in [4.78, 5) is 20.6. The third-order valence-electron chi connectivity index (χ3n) is 3.81. The van der Waals surface area contributed by atoms with Crippen LogP contribution in [0.5, 0.6) is 5.75 Å². The monoisotopic (exact) mass is 334 g/mol. The molecule has 0 fully saturated rings. The fourth-order valence-corrected chi connectivity index (χ4v) is 2.47. The number of benzene rings is 1. The van der Waals surface area contributed by atoms with Gasteiger partial charge in [-0.3, -0.25) is 9.78 Å². The van der Waals surface area contributed by atoms with Crippen molar-refractivity contribution in [2.45, 2.75) is 6.04 Å². The lowest BCUT2D eigenvalue weighted by molar-refractivity contribution is 0.0942. The maximum Gasteiger partial charge on any atom is 0.253 e. The lowest BCUT2D eigenvalue weighted by atomic mass is 9.99. The topological polar surface area (TPSA) is 90.1 Å². The number of anilines is 1. The Morgan fingerprint density at radius 2 is 1.72 bits per heavy atom. The Morgan fingerprint density at radius 1 is 1.04 bits per heavy atom. The number of nitrogens with zero attached hydrogens (tertiary/aromatic N) is 2. The molecule has 0 bridgehead atoms. The summed E-state index contributed by atoms with van der Waals surface area (Å²) in [5.74, 6) is 0.897. The number of methoxy groups -OCH3 is 1. The van der Waals surface area contributed by atoms with Crippen LogP contribution in [-0.2, 0) is 0 Å². The standard InChI is InChI=1S/C19H18N4O2/c1-25-16-5-2-13(3-6-16)18(14-8-10-21-11-9-14)23-19(24)15-4-7-17(20)22-12-15/h2-12,18H,1H3,(H2,20,22)(H,23,24)/t18-/m1/s1. The molecular weight excluding hydrogens is 316 g/mol. The van der Waals surface area contributed by atoms with E-state index in [1.807, 2.05) is 36.4 Å². The van der Waals surface area contributed by atoms with Crippen LogP contribution in [-0.4, -0.2) is 23.0 Å². The molecule has 0 aliphatic carbocycles. The van der Waals surface area contributed by atoms with Gasteiger partial charge in [0, 0.05) is 18.6 Å². The summed E-state index contributed by atoms with van der Waals surface area (Å²) in [6.07, 6.45) is 4.86. The molecule has 0 saturated carbocycles. The Kier molecular flexibility index (Phi) is 4.89. The number of pyridine rings is 2. The molecule has 3 N–H and O–H groups in total. The number of nitrogens with two attached hydrogens (primary N) is 1. The molecule has 1 aromatic carbocycles. The Bertz CT molecular complexity index is 834. The number of rotatable bonds is 5. The van der Waals surface area contributed by atoms with Crippen molar-refractivity contribution in [2.75, 3.05) is 12.8 Å². The molecule has 1 amide bonds. The lowest BCUT2D eigenvalue weighted by Gasteiger charge is -2.20. The van der Waals surface area contributed by atoms with Crippen LogP contribution in [0.25, 0.3) is 0 Å². The zero-order valence-corrected chi connectivity index (χ0v) is 13.7. The predicted octanol–water partition coefficient (Wildman–Crippen LogP) is 2.59. The highest BCUT2D eigenvalue weighted by atomic mass is 16.5. The van der Waals surface area contributed by atoms with Crippen molar-refractivity contribution >= 4 is 11.7 Å². The molecule has 2 aromatic heterocycles. The van der Waals surface area contributed by atoms with Crippen LogP contribution in [0.15, 0.2) is 67.1 Å². The van der Waals surface area contributed by atoms with Gasteiger partial charge in [0.15, 0.2) is 0 Å². The Morgan fingerprint density at radius 3 is 2.32 bits per heavy atom. The SMILES string of the molecule is COc1ccc([C@@H](NC(=O)c2ccc(N)nc2)c2ccncc2)cc1. The first-order valence-corrected chi connectivity index (χ1v) is 7.73. The Balaban J connectivity index is 1.90. The van der Waals surface area contributed by atoms with Crippen LogP contribution >= 0.6 is 0 Å². The highest BCUT2D eigenvalue weighted by Gasteiger charge is 2.18. The molecule has 0 saturated heterocycles. The summed E-state index contributed by atoms with van der Waals surface area (Å²) in [6, 6.07) is 14.2. The number of hydrogen-bond acceptors (Lipinski definition) is 5. The average Bonchev–Trinajstić information content (AvgIpc) is 2.67. The Hall–Kier alpha value is -3.41. The molecule has 0 aliphatic rings. The van der Waals surface area contributed by atoms with Crippen LogP contribution in [0.2, 0.25) is 0 Å². The van der Waals surface area contributed by atoms with Gasteiger partial charge in [-0.15, -0.1) is 0 Å². The molecule has 0 spiro atoms. The van der Waals surface area contributed by atoms with Crippen molar-refractivity contribution in [2.24, 2.45) is 0 Å². The van der Waals surface area contributed by atoms with E-state index in [4.69, 9.17) is 10.5 Å². The molecule has 25 heavy (non-hydrogen) atoms. The number of hydrogen-bond donors (Lipinski definition) is 2. The second-order valence-electron chi connectivity index (χ2n) is 5.43. The smallest absolute Gasteiger partial charge is 0.253 e. The summed E-state index contributed by atoms with van der Waals surface area (Å²) in [5.41, 5.74) is 7.88. The number of aromatic nitrogens is 2. The van der Waals surface area contributed by atoms with Crippen molar-refractivity contribution in [1.29, 1.82) is 0 Å². The molecule has 3 aromatic rings. The second-order valence-corrected chi connectivity index (χ2v) is 5.43. The predicted molar refractivity (Wildman–Crippen MR) is 95.2 cm³/mol. The fraction of sp³-hybridized carbons (Fsp3) is 0.105. The minimum atomic E-state index is -0.320. The van der Waals surface area contributed by atoms with Gasteiger partial charge in [-0.25, -0.2) is 4.98 Å². The molecule has 1 atom stereocenters. The molecule has 6 heteroatoms. The van der Waals surface area contributed by atoms with Crippen LogP contribution in [0.4, 0.5) is 5.82 Å². The fourth-order valence-electron chi connectivity index (χ4n) is 2.47. The van der Waals surface area contributed by atoms with Gasteiger partial charge in [0.05, 0.1) is 18.7 Å². The van der Waals surface area contributed by atoms with Crippen molar-refractivity contribution < 1.29 is 9.53 Å². The van der Waals surface area contributed by atoms with Crippen LogP contribution in [0.1, 0.15) is 27.5 Å². The molecule has 0 aliphatic heterocycles. The first-order chi connectivity index (χ1) is 12.2. The highest BCUT2D eigenvalue weighted by Crippen LogP contribution is 2.24. The summed E-state index contributed by atoms with van der Waals surface area (Å²) in [5, 5.41) is 3.03. The number of amides is 1. The summed E-state index contributed by atoms with van der Waals surface area (Å²) < 4.78 is 5.20. The van der Waals surface area contributed by atoms with Crippen molar-refractivity contribution in [3.05, 3.63) is 83.8 Å². The Labute approximate surface area is 145 Å². The van der Waals surface area contributed by atoms with E-state index < -0.39 is 0 Å². The zero-order chi connectivity index (χ0) is 17.6. The van der Waals surface area contributed by atoms with E-state index in [9.17, 15) is 4.79 Å². The molecule has 2 heterocycles. The van der Waals surface area contributed by atoms with E-state index in [-0.39, 0.29) is 11.9 Å². The minimum Gasteiger partial charge on any atom is -0.497 e. The quantitative estimate of drug-likeness (QED) is 0.748. The number of nitrogens with one attached hydrogen (secondary N) is 1. The van der Waals surface area contributed by atoms with Crippen LogP contribution < -0.4 is 15.8 Å². The zero-order valence-electron chi connectivity index (χ0n) is 13.7. The van der Waals surface area contributed by atoms with Crippen LogP contribution in [0.3, 0.4) is 0 Å². The van der Waals surface area contributed by atoms with Crippen LogP contribution in [0, 0.1) is 0 Å². The van der Waals surface area contributed by atoms with Gasteiger partial charge in [-0.2, -0.15) is 0 Å². The van der Waals surface area contributed by atoms with E-state index in [1.54, 1.807) is 31.6 Å². The first kappa shape index (κ1) is 16.4. The molecule has 0 radical (unpaired) electrons. The van der Waals surface area contributed by atoms with Gasteiger partial charge in [0.1, 0.15) is 11.6 Å². The third-order valence-corrected chi connectivity index (χ3v) is 3.81. The van der Waals surface area contributed by atoms with Crippen molar-refractivity contribution in [3.63, 3.8) is 0 Å². The average molecular weight is 334 g/mol. The van der Waals surface area contributed by atoms with E-state index >= 15 is 0 Å². The minimum absolute atomic E-state index is 0.231. The summed E-state index contributed by atoms with van der Waals surface area (Å²) >= 11 is 0. The van der Waals surface area contributed by atoms with Gasteiger partial charge in [-0.05, 0) is 47.5 Å².